The number of anilines is 1. The van der Waals surface area contributed by atoms with Gasteiger partial charge in [-0.25, -0.2) is 0 Å². The highest BCUT2D eigenvalue weighted by atomic mass is 79.9. The van der Waals surface area contributed by atoms with E-state index in [1.54, 1.807) is 0 Å². The minimum absolute atomic E-state index is 0.00525. The van der Waals surface area contributed by atoms with Gasteiger partial charge < -0.3 is 11.1 Å². The first-order chi connectivity index (χ1) is 9.56. The zero-order valence-electron chi connectivity index (χ0n) is 11.1. The lowest BCUT2D eigenvalue weighted by Gasteiger charge is -2.30. The molecule has 0 aromatic heterocycles. The van der Waals surface area contributed by atoms with Crippen molar-refractivity contribution >= 4 is 44.7 Å². The van der Waals surface area contributed by atoms with Gasteiger partial charge in [0.05, 0.1) is 17.2 Å². The van der Waals surface area contributed by atoms with Gasteiger partial charge >= 0.3 is 0 Å². The maximum atomic E-state index is 12.0. The number of nitrogens with two attached hydrogens (primary N) is 1. The summed E-state index contributed by atoms with van der Waals surface area (Å²) in [5, 5.41) is 2.91. The van der Waals surface area contributed by atoms with Gasteiger partial charge in [0.25, 0.3) is 0 Å². The van der Waals surface area contributed by atoms with Crippen LogP contribution in [0.15, 0.2) is 28.7 Å². The molecule has 20 heavy (non-hydrogen) atoms. The summed E-state index contributed by atoms with van der Waals surface area (Å²) in [4.78, 5) is 14.8. The molecule has 0 spiro atoms. The van der Waals surface area contributed by atoms with Crippen LogP contribution in [-0.2, 0) is 4.79 Å². The van der Waals surface area contributed by atoms with Crippen molar-refractivity contribution in [3.8, 4) is 0 Å². The number of rotatable bonds is 4. The molecule has 1 saturated heterocycles. The fourth-order valence-electron chi connectivity index (χ4n) is 2.33. The van der Waals surface area contributed by atoms with Crippen molar-refractivity contribution in [2.45, 2.75) is 12.8 Å². The number of carbonyl (C=O) groups is 1. The first-order valence-electron chi connectivity index (χ1n) is 6.62. The minimum Gasteiger partial charge on any atom is -0.393 e. The molecule has 108 valence electrons. The highest BCUT2D eigenvalue weighted by Crippen LogP contribution is 2.21. The van der Waals surface area contributed by atoms with Gasteiger partial charge in [-0.2, -0.15) is 0 Å². The van der Waals surface area contributed by atoms with E-state index in [-0.39, 0.29) is 5.91 Å². The zero-order valence-corrected chi connectivity index (χ0v) is 13.5. The van der Waals surface area contributed by atoms with Crippen LogP contribution in [0, 0.1) is 5.92 Å². The van der Waals surface area contributed by atoms with Crippen molar-refractivity contribution in [3.63, 3.8) is 0 Å². The number of carbonyl (C=O) groups excluding carboxylic acids is 1. The van der Waals surface area contributed by atoms with Crippen molar-refractivity contribution < 1.29 is 4.79 Å². The van der Waals surface area contributed by atoms with Gasteiger partial charge in [0, 0.05) is 10.4 Å². The Bertz CT molecular complexity index is 501. The predicted octanol–water partition coefficient (Wildman–Crippen LogP) is 2.39. The third-order valence-corrected chi connectivity index (χ3v) is 4.53. The van der Waals surface area contributed by atoms with Crippen LogP contribution >= 0.6 is 28.1 Å². The quantitative estimate of drug-likeness (QED) is 0.814. The number of nitrogens with one attached hydrogen (secondary N) is 1. The number of thiocarbonyl (C=S) groups is 1. The Balaban J connectivity index is 1.81. The van der Waals surface area contributed by atoms with E-state index in [9.17, 15) is 4.79 Å². The maximum Gasteiger partial charge on any atom is 0.238 e. The zero-order chi connectivity index (χ0) is 14.5. The largest absolute Gasteiger partial charge is 0.393 e. The second kappa shape index (κ2) is 7.15. The monoisotopic (exact) mass is 355 g/mol. The Morgan fingerprint density at radius 3 is 2.65 bits per heavy atom. The molecule has 1 fully saturated rings. The van der Waals surface area contributed by atoms with Crippen LogP contribution in [0.25, 0.3) is 0 Å². The molecular formula is C14H18BrN3OS. The molecule has 2 rings (SSSR count). The number of benzene rings is 1. The summed E-state index contributed by atoms with van der Waals surface area (Å²) in [5.41, 5.74) is 6.46. The summed E-state index contributed by atoms with van der Waals surface area (Å²) in [6.07, 6.45) is 1.88. The van der Waals surface area contributed by atoms with Gasteiger partial charge in [0.15, 0.2) is 0 Å². The van der Waals surface area contributed by atoms with Gasteiger partial charge in [0.2, 0.25) is 5.91 Å². The first kappa shape index (κ1) is 15.4. The molecule has 1 aromatic rings. The van der Waals surface area contributed by atoms with Crippen LogP contribution in [0.5, 0.6) is 0 Å². The molecule has 1 aromatic carbocycles. The molecule has 0 unspecified atom stereocenters. The smallest absolute Gasteiger partial charge is 0.238 e. The number of piperidine rings is 1. The van der Waals surface area contributed by atoms with Crippen LogP contribution in [0.3, 0.4) is 0 Å². The van der Waals surface area contributed by atoms with E-state index in [2.05, 4.69) is 26.1 Å². The number of halogens is 1. The summed E-state index contributed by atoms with van der Waals surface area (Å²) in [6.45, 7) is 2.14. The van der Waals surface area contributed by atoms with Crippen molar-refractivity contribution in [1.29, 1.82) is 0 Å². The van der Waals surface area contributed by atoms with Gasteiger partial charge in [-0.15, -0.1) is 0 Å². The number of hydrogen-bond acceptors (Lipinski definition) is 3. The Hall–Kier alpha value is -0.980. The molecule has 1 amide bonds. The van der Waals surface area contributed by atoms with Gasteiger partial charge in [-0.1, -0.05) is 24.4 Å². The minimum atomic E-state index is 0.00525. The Kier molecular flexibility index (Phi) is 5.51. The second-order valence-corrected chi connectivity index (χ2v) is 6.31. The molecule has 0 atom stereocenters. The molecule has 0 saturated carbocycles. The summed E-state index contributed by atoms with van der Waals surface area (Å²) in [5.74, 6) is 0.332. The molecule has 0 radical (unpaired) electrons. The van der Waals surface area contributed by atoms with Crippen molar-refractivity contribution in [2.75, 3.05) is 25.0 Å². The molecule has 0 bridgehead atoms. The standard InChI is InChI=1S/C14H18BrN3OS/c15-11-3-1-2-4-12(11)17-13(19)9-18-7-5-10(6-8-18)14(16)20/h1-4,10H,5-9H2,(H2,16,20)(H,17,19). The van der Waals surface area contributed by atoms with E-state index in [0.717, 1.165) is 36.1 Å². The average Bonchev–Trinajstić information content (AvgIpc) is 2.42. The predicted molar refractivity (Wildman–Crippen MR) is 88.7 cm³/mol. The van der Waals surface area contributed by atoms with Crippen LogP contribution in [0.1, 0.15) is 12.8 Å². The first-order valence-corrected chi connectivity index (χ1v) is 7.82. The van der Waals surface area contributed by atoms with E-state index in [0.29, 0.717) is 17.5 Å². The summed E-state index contributed by atoms with van der Waals surface area (Å²) < 4.78 is 0.889. The normalized spacial score (nSPS) is 16.9. The molecule has 1 heterocycles. The Labute approximate surface area is 132 Å². The molecule has 0 aliphatic carbocycles. The van der Waals surface area contributed by atoms with E-state index in [1.807, 2.05) is 24.3 Å². The summed E-state index contributed by atoms with van der Waals surface area (Å²) >= 11 is 8.43. The summed E-state index contributed by atoms with van der Waals surface area (Å²) in [6, 6.07) is 7.60. The molecule has 3 N–H and O–H groups in total. The number of para-hydroxylation sites is 1. The lowest BCUT2D eigenvalue weighted by molar-refractivity contribution is -0.117. The van der Waals surface area contributed by atoms with Crippen LogP contribution in [0.4, 0.5) is 5.69 Å². The van der Waals surface area contributed by atoms with Gasteiger partial charge in [-0.3, -0.25) is 9.69 Å². The van der Waals surface area contributed by atoms with Crippen LogP contribution < -0.4 is 11.1 Å². The third-order valence-electron chi connectivity index (χ3n) is 3.51. The van der Waals surface area contributed by atoms with E-state index in [1.165, 1.54) is 0 Å². The fraction of sp³-hybridized carbons (Fsp3) is 0.429. The molecule has 6 heteroatoms. The molecule has 4 nitrogen and oxygen atoms in total. The van der Waals surface area contributed by atoms with Gasteiger partial charge in [0.1, 0.15) is 0 Å². The maximum absolute atomic E-state index is 12.0. The highest BCUT2D eigenvalue weighted by Gasteiger charge is 2.22. The highest BCUT2D eigenvalue weighted by molar-refractivity contribution is 9.10. The number of nitrogens with zero attached hydrogens (tertiary/aromatic N) is 1. The molecular weight excluding hydrogens is 338 g/mol. The topological polar surface area (TPSA) is 58.4 Å². The van der Waals surface area contributed by atoms with E-state index >= 15 is 0 Å². The fourth-order valence-corrected chi connectivity index (χ4v) is 2.95. The van der Waals surface area contributed by atoms with E-state index < -0.39 is 0 Å². The Morgan fingerprint density at radius 1 is 1.40 bits per heavy atom. The SMILES string of the molecule is NC(=S)C1CCN(CC(=O)Nc2ccccc2Br)CC1. The van der Waals surface area contributed by atoms with Crippen molar-refractivity contribution in [2.24, 2.45) is 11.7 Å². The average molecular weight is 356 g/mol. The molecule has 1 aliphatic heterocycles. The van der Waals surface area contributed by atoms with Crippen molar-refractivity contribution in [1.82, 2.24) is 4.90 Å². The lowest BCUT2D eigenvalue weighted by atomic mass is 9.97. The number of amides is 1. The second-order valence-electron chi connectivity index (χ2n) is 4.98. The number of likely N-dealkylation sites (tertiary alicyclic amines) is 1. The Morgan fingerprint density at radius 2 is 2.05 bits per heavy atom. The van der Waals surface area contributed by atoms with Crippen LogP contribution in [-0.4, -0.2) is 35.4 Å². The van der Waals surface area contributed by atoms with E-state index in [4.69, 9.17) is 18.0 Å². The molecule has 1 aliphatic rings. The lowest BCUT2D eigenvalue weighted by Crippen LogP contribution is -2.41. The summed E-state index contributed by atoms with van der Waals surface area (Å²) in [7, 11) is 0. The van der Waals surface area contributed by atoms with Gasteiger partial charge in [-0.05, 0) is 54.0 Å². The number of hydrogen-bond donors (Lipinski definition) is 2. The van der Waals surface area contributed by atoms with Crippen molar-refractivity contribution in [3.05, 3.63) is 28.7 Å². The van der Waals surface area contributed by atoms with Crippen LogP contribution in [0.2, 0.25) is 0 Å². The third kappa shape index (κ3) is 4.26.